The summed E-state index contributed by atoms with van der Waals surface area (Å²) in [5, 5.41) is 10.8. The average molecular weight is 343 g/mol. The molecule has 0 heterocycles. The minimum Gasteiger partial charge on any atom is -0.488 e. The van der Waals surface area contributed by atoms with Gasteiger partial charge in [-0.25, -0.2) is 4.39 Å². The Bertz CT molecular complexity index is 689. The van der Waals surface area contributed by atoms with Gasteiger partial charge >= 0.3 is 0 Å². The fourth-order valence-electron chi connectivity index (χ4n) is 3.59. The summed E-state index contributed by atoms with van der Waals surface area (Å²) in [7, 11) is 2.01. The van der Waals surface area contributed by atoms with Crippen LogP contribution in [0.3, 0.4) is 0 Å². The summed E-state index contributed by atoms with van der Waals surface area (Å²) in [6.45, 7) is 2.71. The van der Waals surface area contributed by atoms with Crippen LogP contribution in [0.5, 0.6) is 5.75 Å². The van der Waals surface area contributed by atoms with Gasteiger partial charge in [0.15, 0.2) is 0 Å². The molecule has 3 rings (SSSR count). The van der Waals surface area contributed by atoms with Gasteiger partial charge in [-0.15, -0.1) is 0 Å². The number of likely N-dealkylation sites (N-methyl/N-ethyl adjacent to an activating group) is 1. The Labute approximate surface area is 149 Å². The lowest BCUT2D eigenvalue weighted by Gasteiger charge is -2.39. The number of aryl methyl sites for hydroxylation is 1. The summed E-state index contributed by atoms with van der Waals surface area (Å²) in [6, 6.07) is 14.5. The van der Waals surface area contributed by atoms with Crippen molar-refractivity contribution in [2.24, 2.45) is 0 Å². The quantitative estimate of drug-likeness (QED) is 0.893. The molecule has 0 aromatic heterocycles. The van der Waals surface area contributed by atoms with E-state index in [0.29, 0.717) is 6.54 Å². The van der Waals surface area contributed by atoms with Crippen molar-refractivity contribution in [2.75, 3.05) is 7.05 Å². The molecule has 25 heavy (non-hydrogen) atoms. The third-order valence-corrected chi connectivity index (χ3v) is 4.95. The zero-order valence-corrected chi connectivity index (χ0v) is 14.9. The molecule has 0 aliphatic heterocycles. The number of aliphatic hydroxyl groups excluding tert-OH is 1. The largest absolute Gasteiger partial charge is 0.488 e. The second-order valence-corrected chi connectivity index (χ2v) is 7.00. The Kier molecular flexibility index (Phi) is 5.71. The van der Waals surface area contributed by atoms with E-state index in [1.807, 2.05) is 38.2 Å². The maximum atomic E-state index is 13.1. The lowest BCUT2D eigenvalue weighted by molar-refractivity contribution is -0.0491. The van der Waals surface area contributed by atoms with E-state index in [9.17, 15) is 9.50 Å². The van der Waals surface area contributed by atoms with Gasteiger partial charge in [-0.2, -0.15) is 0 Å². The summed E-state index contributed by atoms with van der Waals surface area (Å²) in [6.07, 6.45) is 2.07. The molecule has 4 heteroatoms. The van der Waals surface area contributed by atoms with E-state index in [1.165, 1.54) is 12.1 Å². The molecule has 1 aliphatic rings. The van der Waals surface area contributed by atoms with Crippen molar-refractivity contribution in [2.45, 2.75) is 51.0 Å². The highest BCUT2D eigenvalue weighted by Crippen LogP contribution is 2.28. The molecule has 1 aliphatic carbocycles. The van der Waals surface area contributed by atoms with E-state index in [2.05, 4.69) is 4.90 Å². The molecule has 0 bridgehead atoms. The molecule has 3 atom stereocenters. The Hall–Kier alpha value is -1.91. The molecule has 1 saturated carbocycles. The van der Waals surface area contributed by atoms with Crippen LogP contribution in [0.4, 0.5) is 4.39 Å². The van der Waals surface area contributed by atoms with Crippen molar-refractivity contribution in [3.05, 3.63) is 65.5 Å². The summed E-state index contributed by atoms with van der Waals surface area (Å²) in [5.74, 6) is 0.585. The van der Waals surface area contributed by atoms with Crippen molar-refractivity contribution in [3.63, 3.8) is 0 Å². The number of aliphatic hydroxyl groups is 1. The summed E-state index contributed by atoms with van der Waals surface area (Å²) in [4.78, 5) is 2.14. The maximum absolute atomic E-state index is 13.1. The fraction of sp³-hybridized carbons (Fsp3) is 0.429. The van der Waals surface area contributed by atoms with Gasteiger partial charge in [-0.1, -0.05) is 24.3 Å². The summed E-state index contributed by atoms with van der Waals surface area (Å²) in [5.41, 5.74) is 2.19. The molecule has 0 amide bonds. The van der Waals surface area contributed by atoms with Crippen LogP contribution in [0.1, 0.15) is 30.4 Å². The normalized spacial score (nSPS) is 23.6. The van der Waals surface area contributed by atoms with Crippen molar-refractivity contribution in [3.8, 4) is 5.75 Å². The summed E-state index contributed by atoms with van der Waals surface area (Å²) >= 11 is 0. The first-order valence-electron chi connectivity index (χ1n) is 8.89. The lowest BCUT2D eigenvalue weighted by atomic mass is 9.88. The minimum absolute atomic E-state index is 0.0358. The van der Waals surface area contributed by atoms with Crippen molar-refractivity contribution < 1.29 is 14.2 Å². The highest BCUT2D eigenvalue weighted by Gasteiger charge is 2.35. The molecule has 1 fully saturated rings. The van der Waals surface area contributed by atoms with Crippen LogP contribution < -0.4 is 4.74 Å². The molecule has 134 valence electrons. The molecule has 0 saturated heterocycles. The SMILES string of the molecule is Cc1cccc(O[C@@H]2CCC[C@H](N(C)Cc3ccc(F)cc3)[C@H]2O)c1. The molecule has 0 unspecified atom stereocenters. The van der Waals surface area contributed by atoms with Crippen LogP contribution >= 0.6 is 0 Å². The smallest absolute Gasteiger partial charge is 0.126 e. The van der Waals surface area contributed by atoms with Crippen LogP contribution in [0.15, 0.2) is 48.5 Å². The third kappa shape index (κ3) is 4.59. The number of nitrogens with zero attached hydrogens (tertiary/aromatic N) is 1. The van der Waals surface area contributed by atoms with Gasteiger partial charge in [0.2, 0.25) is 0 Å². The first kappa shape index (κ1) is 17.9. The Balaban J connectivity index is 1.64. The highest BCUT2D eigenvalue weighted by atomic mass is 19.1. The molecule has 3 nitrogen and oxygen atoms in total. The predicted octanol–water partition coefficient (Wildman–Crippen LogP) is 3.93. The van der Waals surface area contributed by atoms with Gasteiger partial charge in [0.1, 0.15) is 23.8 Å². The molecular weight excluding hydrogens is 317 g/mol. The van der Waals surface area contributed by atoms with Crippen molar-refractivity contribution in [1.82, 2.24) is 4.90 Å². The number of hydrogen-bond acceptors (Lipinski definition) is 3. The second kappa shape index (κ2) is 7.98. The fourth-order valence-corrected chi connectivity index (χ4v) is 3.59. The van der Waals surface area contributed by atoms with Crippen LogP contribution in [0, 0.1) is 12.7 Å². The van der Waals surface area contributed by atoms with Gasteiger partial charge in [-0.05, 0) is 68.6 Å². The van der Waals surface area contributed by atoms with Gasteiger partial charge < -0.3 is 9.84 Å². The number of ether oxygens (including phenoxy) is 1. The monoisotopic (exact) mass is 343 g/mol. The number of rotatable bonds is 5. The van der Waals surface area contributed by atoms with Crippen LogP contribution in [-0.2, 0) is 6.54 Å². The Morgan fingerprint density at radius 1 is 1.16 bits per heavy atom. The van der Waals surface area contributed by atoms with Gasteiger partial charge in [-0.3, -0.25) is 4.90 Å². The predicted molar refractivity (Wildman–Crippen MR) is 97.1 cm³/mol. The third-order valence-electron chi connectivity index (χ3n) is 4.95. The lowest BCUT2D eigenvalue weighted by Crippen LogP contribution is -2.51. The van der Waals surface area contributed by atoms with Gasteiger partial charge in [0.25, 0.3) is 0 Å². The molecular formula is C21H26FNO2. The first-order valence-corrected chi connectivity index (χ1v) is 8.89. The van der Waals surface area contributed by atoms with E-state index < -0.39 is 6.10 Å². The molecule has 0 radical (unpaired) electrons. The molecule has 0 spiro atoms. The topological polar surface area (TPSA) is 32.7 Å². The van der Waals surface area contributed by atoms with Crippen molar-refractivity contribution >= 4 is 0 Å². The van der Waals surface area contributed by atoms with Gasteiger partial charge in [0, 0.05) is 12.6 Å². The Morgan fingerprint density at radius 3 is 2.64 bits per heavy atom. The van der Waals surface area contributed by atoms with Crippen molar-refractivity contribution in [1.29, 1.82) is 0 Å². The van der Waals surface area contributed by atoms with Crippen LogP contribution in [0.2, 0.25) is 0 Å². The molecule has 1 N–H and O–H groups in total. The van der Waals surface area contributed by atoms with E-state index in [0.717, 1.165) is 36.1 Å². The first-order chi connectivity index (χ1) is 12.0. The maximum Gasteiger partial charge on any atom is 0.126 e. The van der Waals surface area contributed by atoms with Crippen LogP contribution in [-0.4, -0.2) is 35.3 Å². The Morgan fingerprint density at radius 2 is 1.92 bits per heavy atom. The number of hydrogen-bond donors (Lipinski definition) is 1. The van der Waals surface area contributed by atoms with E-state index in [4.69, 9.17) is 4.74 Å². The minimum atomic E-state index is -0.542. The van der Waals surface area contributed by atoms with E-state index in [1.54, 1.807) is 12.1 Å². The molecule has 2 aromatic carbocycles. The average Bonchev–Trinajstić information content (AvgIpc) is 2.59. The second-order valence-electron chi connectivity index (χ2n) is 7.00. The number of benzene rings is 2. The standard InChI is InChI=1S/C21H26FNO2/c1-15-5-3-6-18(13-15)25-20-8-4-7-19(21(20)24)23(2)14-16-9-11-17(22)12-10-16/h3,5-6,9-13,19-21,24H,4,7-8,14H2,1-2H3/t19-,20+,21+/m0/s1. The summed E-state index contributed by atoms with van der Waals surface area (Å²) < 4.78 is 19.1. The van der Waals surface area contributed by atoms with Gasteiger partial charge in [0.05, 0.1) is 0 Å². The molecule has 2 aromatic rings. The van der Waals surface area contributed by atoms with Crippen LogP contribution in [0.25, 0.3) is 0 Å². The van der Waals surface area contributed by atoms with E-state index >= 15 is 0 Å². The highest BCUT2D eigenvalue weighted by molar-refractivity contribution is 5.27. The zero-order chi connectivity index (χ0) is 17.8. The zero-order valence-electron chi connectivity index (χ0n) is 14.9. The van der Waals surface area contributed by atoms with E-state index in [-0.39, 0.29) is 18.0 Å². The number of halogens is 1.